The summed E-state index contributed by atoms with van der Waals surface area (Å²) in [6, 6.07) is 5.26. The molecule has 0 radical (unpaired) electrons. The van der Waals surface area contributed by atoms with Gasteiger partial charge in [0.15, 0.2) is 0 Å². The number of aromatic amines is 1. The average molecular weight is 375 g/mol. The number of hydrogen-bond donors (Lipinski definition) is 4. The third-order valence-corrected chi connectivity index (χ3v) is 3.83. The van der Waals surface area contributed by atoms with E-state index in [1.54, 1.807) is 39.0 Å². The lowest BCUT2D eigenvalue weighted by Gasteiger charge is -2.19. The van der Waals surface area contributed by atoms with Crippen LogP contribution < -0.4 is 11.1 Å². The Balaban J connectivity index is 2.12. The van der Waals surface area contributed by atoms with Crippen LogP contribution >= 0.6 is 0 Å². The molecule has 2 amide bonds. The van der Waals surface area contributed by atoms with Gasteiger partial charge >= 0.3 is 12.1 Å². The molecule has 1 aromatic carbocycles. The van der Waals surface area contributed by atoms with Crippen molar-refractivity contribution in [3.05, 3.63) is 35.0 Å². The third-order valence-electron chi connectivity index (χ3n) is 3.83. The van der Waals surface area contributed by atoms with Crippen molar-refractivity contribution < 1.29 is 24.2 Å². The number of H-pyrrole nitrogens is 1. The number of carboxylic acid groups (broad SMARTS) is 1. The van der Waals surface area contributed by atoms with Gasteiger partial charge in [-0.05, 0) is 56.9 Å². The zero-order chi connectivity index (χ0) is 20.2. The number of primary amides is 1. The van der Waals surface area contributed by atoms with Crippen LogP contribution in [0.3, 0.4) is 0 Å². The molecule has 8 nitrogen and oxygen atoms in total. The van der Waals surface area contributed by atoms with Crippen LogP contribution in [0.2, 0.25) is 0 Å². The number of aromatic nitrogens is 1. The van der Waals surface area contributed by atoms with E-state index in [9.17, 15) is 19.5 Å². The maximum absolute atomic E-state index is 11.7. The van der Waals surface area contributed by atoms with Gasteiger partial charge in [0.1, 0.15) is 11.3 Å². The fourth-order valence-corrected chi connectivity index (χ4v) is 2.82. The second kappa shape index (κ2) is 8.11. The lowest BCUT2D eigenvalue weighted by Crippen LogP contribution is -2.33. The van der Waals surface area contributed by atoms with Crippen molar-refractivity contribution in [3.8, 4) is 0 Å². The number of hydrogen-bond acceptors (Lipinski definition) is 4. The topological polar surface area (TPSA) is 135 Å². The second-order valence-electron chi connectivity index (χ2n) is 7.34. The van der Waals surface area contributed by atoms with Crippen molar-refractivity contribution in [3.63, 3.8) is 0 Å². The summed E-state index contributed by atoms with van der Waals surface area (Å²) < 4.78 is 5.17. The molecule has 146 valence electrons. The number of benzene rings is 1. The van der Waals surface area contributed by atoms with Gasteiger partial charge in [0, 0.05) is 17.4 Å². The maximum Gasteiger partial charge on any atom is 0.407 e. The number of amides is 2. The summed E-state index contributed by atoms with van der Waals surface area (Å²) in [4.78, 5) is 37.3. The zero-order valence-corrected chi connectivity index (χ0v) is 15.7. The Kier molecular flexibility index (Phi) is 6.09. The van der Waals surface area contributed by atoms with E-state index in [0.717, 1.165) is 10.9 Å². The Morgan fingerprint density at radius 1 is 1.26 bits per heavy atom. The van der Waals surface area contributed by atoms with Gasteiger partial charge in [0.05, 0.1) is 6.42 Å². The minimum atomic E-state index is -1.06. The van der Waals surface area contributed by atoms with Gasteiger partial charge in [-0.2, -0.15) is 0 Å². The number of carbonyl (C=O) groups is 3. The molecular weight excluding hydrogens is 350 g/mol. The van der Waals surface area contributed by atoms with E-state index in [1.165, 1.54) is 0 Å². The highest BCUT2D eigenvalue weighted by Gasteiger charge is 2.18. The highest BCUT2D eigenvalue weighted by Crippen LogP contribution is 2.25. The lowest BCUT2D eigenvalue weighted by atomic mass is 10.0. The van der Waals surface area contributed by atoms with E-state index < -0.39 is 23.6 Å². The summed E-state index contributed by atoms with van der Waals surface area (Å²) in [7, 11) is 0. The van der Waals surface area contributed by atoms with Crippen molar-refractivity contribution in [2.75, 3.05) is 6.54 Å². The molecule has 0 aliphatic heterocycles. The van der Waals surface area contributed by atoms with Crippen LogP contribution in [0.25, 0.3) is 10.9 Å². The molecule has 1 heterocycles. The Bertz CT molecular complexity index is 864. The smallest absolute Gasteiger partial charge is 0.407 e. The van der Waals surface area contributed by atoms with Gasteiger partial charge in [-0.25, -0.2) is 9.59 Å². The zero-order valence-electron chi connectivity index (χ0n) is 15.7. The Labute approximate surface area is 157 Å². The number of carbonyl (C=O) groups excluding carboxylic acids is 2. The number of rotatable bonds is 7. The maximum atomic E-state index is 11.7. The summed E-state index contributed by atoms with van der Waals surface area (Å²) >= 11 is 0. The molecule has 0 aliphatic carbocycles. The molecule has 1 aromatic heterocycles. The molecule has 0 bridgehead atoms. The summed E-state index contributed by atoms with van der Waals surface area (Å²) in [5.41, 5.74) is 6.80. The Hall–Kier alpha value is -3.03. The van der Waals surface area contributed by atoms with Crippen molar-refractivity contribution in [2.45, 2.75) is 45.6 Å². The van der Waals surface area contributed by atoms with Crippen molar-refractivity contribution in [1.29, 1.82) is 0 Å². The van der Waals surface area contributed by atoms with E-state index in [4.69, 9.17) is 10.5 Å². The van der Waals surface area contributed by atoms with Crippen LogP contribution in [0.5, 0.6) is 0 Å². The van der Waals surface area contributed by atoms with E-state index in [1.807, 2.05) is 0 Å². The number of ether oxygens (including phenoxy) is 1. The number of nitrogens with one attached hydrogen (secondary N) is 2. The van der Waals surface area contributed by atoms with Gasteiger partial charge < -0.3 is 25.9 Å². The molecule has 8 heteroatoms. The van der Waals surface area contributed by atoms with E-state index in [-0.39, 0.29) is 12.1 Å². The number of alkyl carbamates (subject to hydrolysis) is 1. The molecule has 2 rings (SSSR count). The molecular formula is C19H25N3O5. The van der Waals surface area contributed by atoms with Gasteiger partial charge in [-0.15, -0.1) is 0 Å². The van der Waals surface area contributed by atoms with Crippen LogP contribution in [0.1, 0.15) is 48.8 Å². The molecule has 27 heavy (non-hydrogen) atoms. The van der Waals surface area contributed by atoms with Crippen LogP contribution in [-0.4, -0.2) is 40.2 Å². The fraction of sp³-hybridized carbons (Fsp3) is 0.421. The standard InChI is InChI=1S/C19H25N3O5/c1-19(2,3)27-18(26)21-8-4-5-12-13-9-11(10-15(20)23)6-7-14(13)22-16(12)17(24)25/h6-7,9,22H,4-5,8,10H2,1-3H3,(H2,20,23)(H,21,26)(H,24,25). The van der Waals surface area contributed by atoms with Gasteiger partial charge in [0.2, 0.25) is 5.91 Å². The summed E-state index contributed by atoms with van der Waals surface area (Å²) in [6.07, 6.45) is 0.552. The predicted octanol–water partition coefficient (Wildman–Crippen LogP) is 2.35. The SMILES string of the molecule is CC(C)(C)OC(=O)NCCCc1c(C(=O)O)[nH]c2ccc(CC(N)=O)cc12. The van der Waals surface area contributed by atoms with E-state index >= 15 is 0 Å². The summed E-state index contributed by atoms with van der Waals surface area (Å²) in [5.74, 6) is -1.51. The van der Waals surface area contributed by atoms with Crippen LogP contribution in [0.15, 0.2) is 18.2 Å². The minimum Gasteiger partial charge on any atom is -0.477 e. The Morgan fingerprint density at radius 3 is 2.56 bits per heavy atom. The van der Waals surface area contributed by atoms with Gasteiger partial charge in [0.25, 0.3) is 0 Å². The number of fused-ring (bicyclic) bond motifs is 1. The summed E-state index contributed by atoms with van der Waals surface area (Å²) in [6.45, 7) is 5.69. The monoisotopic (exact) mass is 375 g/mol. The molecule has 0 aliphatic rings. The lowest BCUT2D eigenvalue weighted by molar-refractivity contribution is -0.117. The highest BCUT2D eigenvalue weighted by atomic mass is 16.6. The molecule has 2 aromatic rings. The summed E-state index contributed by atoms with van der Waals surface area (Å²) in [5, 5.41) is 12.9. The van der Waals surface area contributed by atoms with Crippen molar-refractivity contribution >= 4 is 28.9 Å². The van der Waals surface area contributed by atoms with Crippen LogP contribution in [0, 0.1) is 0 Å². The predicted molar refractivity (Wildman–Crippen MR) is 101 cm³/mol. The van der Waals surface area contributed by atoms with Crippen molar-refractivity contribution in [2.24, 2.45) is 5.73 Å². The molecule has 0 fully saturated rings. The first-order chi connectivity index (χ1) is 12.6. The molecule has 5 N–H and O–H groups in total. The van der Waals surface area contributed by atoms with E-state index in [0.29, 0.717) is 30.5 Å². The number of carboxylic acids is 1. The van der Waals surface area contributed by atoms with E-state index in [2.05, 4.69) is 10.3 Å². The first-order valence-corrected chi connectivity index (χ1v) is 8.69. The highest BCUT2D eigenvalue weighted by molar-refractivity contribution is 5.97. The molecule has 0 spiro atoms. The largest absolute Gasteiger partial charge is 0.477 e. The average Bonchev–Trinajstić information content (AvgIpc) is 2.87. The molecule has 0 saturated carbocycles. The molecule has 0 saturated heterocycles. The van der Waals surface area contributed by atoms with Gasteiger partial charge in [-0.1, -0.05) is 6.07 Å². The molecule has 0 atom stereocenters. The fourth-order valence-electron chi connectivity index (χ4n) is 2.82. The first kappa shape index (κ1) is 20.3. The number of aryl methyl sites for hydroxylation is 1. The van der Waals surface area contributed by atoms with Gasteiger partial charge in [-0.3, -0.25) is 4.79 Å². The van der Waals surface area contributed by atoms with Crippen LogP contribution in [0.4, 0.5) is 4.79 Å². The normalized spacial score (nSPS) is 11.4. The number of aromatic carboxylic acids is 1. The minimum absolute atomic E-state index is 0.0865. The second-order valence-corrected chi connectivity index (χ2v) is 7.34. The number of nitrogens with two attached hydrogens (primary N) is 1. The quantitative estimate of drug-likeness (QED) is 0.551. The Morgan fingerprint density at radius 2 is 1.96 bits per heavy atom. The molecule has 0 unspecified atom stereocenters. The first-order valence-electron chi connectivity index (χ1n) is 8.69. The van der Waals surface area contributed by atoms with Crippen LogP contribution in [-0.2, 0) is 22.4 Å². The van der Waals surface area contributed by atoms with Crippen molar-refractivity contribution in [1.82, 2.24) is 10.3 Å². The third kappa shape index (κ3) is 5.73.